The van der Waals surface area contributed by atoms with E-state index < -0.39 is 0 Å². The van der Waals surface area contributed by atoms with Gasteiger partial charge >= 0.3 is 0 Å². The fourth-order valence-electron chi connectivity index (χ4n) is 4.48. The van der Waals surface area contributed by atoms with Crippen LogP contribution < -0.4 is 15.4 Å². The quantitative estimate of drug-likeness (QED) is 0.721. The monoisotopic (exact) mass is 380 g/mol. The molecule has 2 N–H and O–H groups in total. The molecule has 1 aliphatic rings. The van der Waals surface area contributed by atoms with Crippen LogP contribution in [0.3, 0.4) is 0 Å². The predicted molar refractivity (Wildman–Crippen MR) is 111 cm³/mol. The molecule has 1 aromatic carbocycles. The van der Waals surface area contributed by atoms with E-state index in [-0.39, 0.29) is 11.1 Å². The molecule has 0 bridgehead atoms. The normalized spacial score (nSPS) is 18.9. The molecule has 0 unspecified atom stereocenters. The third kappa shape index (κ3) is 3.80. The van der Waals surface area contributed by atoms with Crippen LogP contribution in [0.2, 0.25) is 0 Å². The van der Waals surface area contributed by atoms with Gasteiger partial charge < -0.3 is 15.4 Å². The van der Waals surface area contributed by atoms with Crippen LogP contribution in [0.15, 0.2) is 36.7 Å². The summed E-state index contributed by atoms with van der Waals surface area (Å²) in [5, 5.41) is 20.5. The van der Waals surface area contributed by atoms with E-state index in [1.807, 2.05) is 24.3 Å². The molecule has 7 heteroatoms. The highest BCUT2D eigenvalue weighted by Gasteiger charge is 2.37. The van der Waals surface area contributed by atoms with Gasteiger partial charge in [0.25, 0.3) is 0 Å². The summed E-state index contributed by atoms with van der Waals surface area (Å²) in [5.41, 5.74) is 3.71. The number of rotatable bonds is 4. The highest BCUT2D eigenvalue weighted by Crippen LogP contribution is 2.32. The third-order valence-corrected chi connectivity index (χ3v) is 5.20. The van der Waals surface area contributed by atoms with Crippen molar-refractivity contribution < 1.29 is 4.74 Å². The van der Waals surface area contributed by atoms with Gasteiger partial charge in [-0.3, -0.25) is 0 Å². The Morgan fingerprint density at radius 2 is 1.79 bits per heavy atom. The van der Waals surface area contributed by atoms with Gasteiger partial charge in [-0.05, 0) is 70.9 Å². The van der Waals surface area contributed by atoms with Crippen molar-refractivity contribution in [3.8, 4) is 17.0 Å². The lowest BCUT2D eigenvalue weighted by molar-refractivity contribution is 0.170. The topological polar surface area (TPSA) is 76.4 Å². The fraction of sp³-hybridized carbons (Fsp3) is 0.476. The zero-order valence-corrected chi connectivity index (χ0v) is 17.2. The van der Waals surface area contributed by atoms with Crippen LogP contribution in [0.1, 0.15) is 40.5 Å². The second-order valence-corrected chi connectivity index (χ2v) is 8.91. The number of nitrogens with zero attached hydrogens (tertiary/aromatic N) is 4. The molecule has 3 aromatic rings. The van der Waals surface area contributed by atoms with Gasteiger partial charge in [0.2, 0.25) is 5.65 Å². The maximum atomic E-state index is 5.26. The number of fused-ring (bicyclic) bond motifs is 1. The first-order chi connectivity index (χ1) is 13.2. The molecule has 0 amide bonds. The molecule has 1 aliphatic heterocycles. The zero-order valence-electron chi connectivity index (χ0n) is 17.2. The molecule has 1 saturated heterocycles. The Labute approximate surface area is 165 Å². The lowest BCUT2D eigenvalue weighted by atomic mass is 9.79. The molecule has 148 valence electrons. The summed E-state index contributed by atoms with van der Waals surface area (Å²) in [6.07, 6.45) is 3.69. The summed E-state index contributed by atoms with van der Waals surface area (Å²) >= 11 is 0. The van der Waals surface area contributed by atoms with Crippen molar-refractivity contribution >= 4 is 11.3 Å². The van der Waals surface area contributed by atoms with Crippen molar-refractivity contribution in [3.63, 3.8) is 0 Å². The zero-order chi connectivity index (χ0) is 19.9. The standard InChI is InChI=1S/C21H28N6O/c1-20(2)11-15(12-21(3,4)26-20)23-18-10-17(25-27-13-22-24-19(18)27)14-6-8-16(28-5)9-7-14/h6-10,13,15,23,26H,11-12H2,1-5H3. The third-order valence-electron chi connectivity index (χ3n) is 5.20. The van der Waals surface area contributed by atoms with Crippen LogP contribution in [0.4, 0.5) is 5.69 Å². The Kier molecular flexibility index (Phi) is 4.50. The van der Waals surface area contributed by atoms with Crippen LogP contribution in [0.5, 0.6) is 5.75 Å². The first kappa shape index (κ1) is 18.7. The van der Waals surface area contributed by atoms with Crippen molar-refractivity contribution in [2.24, 2.45) is 0 Å². The molecule has 1 fully saturated rings. The highest BCUT2D eigenvalue weighted by molar-refractivity contribution is 5.73. The van der Waals surface area contributed by atoms with Crippen molar-refractivity contribution in [1.29, 1.82) is 0 Å². The number of hydrogen-bond acceptors (Lipinski definition) is 6. The van der Waals surface area contributed by atoms with E-state index in [0.29, 0.717) is 6.04 Å². The van der Waals surface area contributed by atoms with Crippen LogP contribution in [0, 0.1) is 0 Å². The number of piperidine rings is 1. The van der Waals surface area contributed by atoms with Crippen molar-refractivity contribution in [2.45, 2.75) is 57.7 Å². The van der Waals surface area contributed by atoms with Crippen LogP contribution in [-0.4, -0.2) is 44.0 Å². The van der Waals surface area contributed by atoms with Crippen molar-refractivity contribution in [2.75, 3.05) is 12.4 Å². The number of nitrogens with one attached hydrogen (secondary N) is 2. The summed E-state index contributed by atoms with van der Waals surface area (Å²) in [5.74, 6) is 0.826. The summed E-state index contributed by atoms with van der Waals surface area (Å²) < 4.78 is 7.00. The first-order valence-electron chi connectivity index (χ1n) is 9.66. The molecule has 3 heterocycles. The van der Waals surface area contributed by atoms with E-state index in [0.717, 1.165) is 41.2 Å². The van der Waals surface area contributed by atoms with Gasteiger partial charge in [0.1, 0.15) is 12.1 Å². The van der Waals surface area contributed by atoms with Gasteiger partial charge in [0, 0.05) is 22.7 Å². The molecule has 0 atom stereocenters. The first-order valence-corrected chi connectivity index (χ1v) is 9.66. The Bertz CT molecular complexity index is 960. The Balaban J connectivity index is 1.69. The summed E-state index contributed by atoms with van der Waals surface area (Å²) in [6.45, 7) is 9.02. The molecule has 2 aromatic heterocycles. The summed E-state index contributed by atoms with van der Waals surface area (Å²) in [7, 11) is 1.67. The van der Waals surface area contributed by atoms with E-state index in [1.54, 1.807) is 18.0 Å². The molecule has 4 rings (SSSR count). The predicted octanol–water partition coefficient (Wildman–Crippen LogP) is 3.52. The number of aromatic nitrogens is 4. The van der Waals surface area contributed by atoms with Gasteiger partial charge in [-0.1, -0.05) is 0 Å². The van der Waals surface area contributed by atoms with E-state index >= 15 is 0 Å². The van der Waals surface area contributed by atoms with Crippen LogP contribution in [-0.2, 0) is 0 Å². The number of ether oxygens (including phenoxy) is 1. The highest BCUT2D eigenvalue weighted by atomic mass is 16.5. The van der Waals surface area contributed by atoms with E-state index in [4.69, 9.17) is 4.74 Å². The Hall–Kier alpha value is -2.67. The average Bonchev–Trinajstić information content (AvgIpc) is 3.08. The molecule has 7 nitrogen and oxygen atoms in total. The van der Waals surface area contributed by atoms with Gasteiger partial charge in [-0.25, -0.2) is 0 Å². The van der Waals surface area contributed by atoms with E-state index in [9.17, 15) is 0 Å². The summed E-state index contributed by atoms with van der Waals surface area (Å²) in [6, 6.07) is 10.3. The summed E-state index contributed by atoms with van der Waals surface area (Å²) in [4.78, 5) is 0. The Morgan fingerprint density at radius 3 is 2.43 bits per heavy atom. The maximum Gasteiger partial charge on any atom is 0.200 e. The largest absolute Gasteiger partial charge is 0.497 e. The number of benzene rings is 1. The van der Waals surface area contributed by atoms with Gasteiger partial charge in [0.15, 0.2) is 0 Å². The number of anilines is 1. The minimum atomic E-state index is 0.0647. The molecule has 0 aliphatic carbocycles. The van der Waals surface area contributed by atoms with E-state index in [1.165, 1.54) is 0 Å². The number of methoxy groups -OCH3 is 1. The second kappa shape index (κ2) is 6.74. The lowest BCUT2D eigenvalue weighted by Crippen LogP contribution is -2.60. The smallest absolute Gasteiger partial charge is 0.200 e. The molecule has 0 saturated carbocycles. The lowest BCUT2D eigenvalue weighted by Gasteiger charge is -2.46. The maximum absolute atomic E-state index is 5.26. The van der Waals surface area contributed by atoms with Crippen molar-refractivity contribution in [3.05, 3.63) is 36.7 Å². The molecule has 0 radical (unpaired) electrons. The van der Waals surface area contributed by atoms with Gasteiger partial charge in [-0.2, -0.15) is 9.61 Å². The van der Waals surface area contributed by atoms with Crippen LogP contribution >= 0.6 is 0 Å². The van der Waals surface area contributed by atoms with E-state index in [2.05, 4.69) is 59.7 Å². The average molecular weight is 380 g/mol. The molecule has 28 heavy (non-hydrogen) atoms. The molecular weight excluding hydrogens is 352 g/mol. The fourth-order valence-corrected chi connectivity index (χ4v) is 4.48. The SMILES string of the molecule is COc1ccc(-c2cc(NC3CC(C)(C)NC(C)(C)C3)c3nncn3n2)cc1. The minimum absolute atomic E-state index is 0.0647. The van der Waals surface area contributed by atoms with Crippen LogP contribution in [0.25, 0.3) is 16.9 Å². The number of hydrogen-bond donors (Lipinski definition) is 2. The second-order valence-electron chi connectivity index (χ2n) is 8.91. The molecule has 0 spiro atoms. The van der Waals surface area contributed by atoms with Gasteiger partial charge in [0.05, 0.1) is 18.5 Å². The molecular formula is C21H28N6O. The minimum Gasteiger partial charge on any atom is -0.497 e. The van der Waals surface area contributed by atoms with Gasteiger partial charge in [-0.15, -0.1) is 10.2 Å². The van der Waals surface area contributed by atoms with Crippen molar-refractivity contribution in [1.82, 2.24) is 25.1 Å². The Morgan fingerprint density at radius 1 is 1.11 bits per heavy atom.